The summed E-state index contributed by atoms with van der Waals surface area (Å²) in [5.74, 6) is 1.68. The molecule has 0 amide bonds. The van der Waals surface area contributed by atoms with Crippen LogP contribution in [0.2, 0.25) is 10.0 Å². The molecule has 0 aliphatic heterocycles. The van der Waals surface area contributed by atoms with Crippen molar-refractivity contribution in [2.24, 2.45) is 0 Å². The molecule has 0 radical (unpaired) electrons. The minimum atomic E-state index is -0.496. The van der Waals surface area contributed by atoms with Crippen molar-refractivity contribution in [2.45, 2.75) is 79.1 Å². The van der Waals surface area contributed by atoms with Crippen molar-refractivity contribution in [1.29, 1.82) is 0 Å². The molecule has 0 aliphatic rings. The fraction of sp³-hybridized carbons (Fsp3) is 0.480. The van der Waals surface area contributed by atoms with Crippen LogP contribution < -0.4 is 38.4 Å². The van der Waals surface area contributed by atoms with E-state index in [-0.39, 0.29) is 33.0 Å². The molecule has 176 valence electrons. The summed E-state index contributed by atoms with van der Waals surface area (Å²) in [6.07, 6.45) is 0. The molecule has 8 heteroatoms. The number of carbonyl (C=O) groups excluding carboxylic acids is 1. The first-order valence-electron chi connectivity index (χ1n) is 10.5. The first kappa shape index (κ1) is 30.1. The largest absolute Gasteiger partial charge is 1.00 e. The summed E-state index contributed by atoms with van der Waals surface area (Å²) < 4.78 is 18.6. The maximum atomic E-state index is 13.3. The van der Waals surface area contributed by atoms with Crippen LogP contribution in [0, 0.1) is 0 Å². The zero-order valence-corrected chi connectivity index (χ0v) is 23.8. The number of halogens is 2. The average Bonchev–Trinajstić information content (AvgIpc) is 2.53. The number of rotatable bonds is 6. The van der Waals surface area contributed by atoms with Crippen LogP contribution in [0.15, 0.2) is 30.3 Å². The van der Waals surface area contributed by atoms with Crippen molar-refractivity contribution in [3.05, 3.63) is 45.9 Å². The molecule has 0 N–H and O–H groups in total. The quantitative estimate of drug-likeness (QED) is 0.422. The van der Waals surface area contributed by atoms with Gasteiger partial charge in [0, 0.05) is 12.1 Å². The predicted molar refractivity (Wildman–Crippen MR) is 136 cm³/mol. The second-order valence-corrected chi connectivity index (χ2v) is 12.5. The normalized spacial score (nSPS) is 12.5. The van der Waals surface area contributed by atoms with E-state index in [0.717, 1.165) is 0 Å². The van der Waals surface area contributed by atoms with Gasteiger partial charge in [0.25, 0.3) is 0 Å². The molecule has 1 atom stereocenters. The Bertz CT molecular complexity index is 932. The van der Waals surface area contributed by atoms with Crippen LogP contribution >= 0.6 is 31.8 Å². The summed E-state index contributed by atoms with van der Waals surface area (Å²) in [7, 11) is -0.311. The van der Waals surface area contributed by atoms with E-state index in [2.05, 4.69) is 0 Å². The van der Waals surface area contributed by atoms with E-state index in [1.54, 1.807) is 18.2 Å². The maximum Gasteiger partial charge on any atom is 1.00 e. The smallest absolute Gasteiger partial charge is 0.488 e. The van der Waals surface area contributed by atoms with Gasteiger partial charge < -0.3 is 14.2 Å². The Labute approximate surface area is 222 Å². The molecule has 0 spiro atoms. The van der Waals surface area contributed by atoms with Crippen LogP contribution in [-0.2, 0) is 0 Å². The molecule has 0 saturated heterocycles. The van der Waals surface area contributed by atoms with Gasteiger partial charge in [0.15, 0.2) is 5.52 Å². The standard InChI is InChI=1S/C25H33Cl2O4P.Li/c1-23(2,3)29-15-13-18(30-24(4,5)6)21(19(14-15)31-25(7,8)9)32-22(28)20-16(26)11-10-12-17(20)27;/h10-14,32H,1-9H3;/q;+1. The molecular formula is C25H33Cl2LiO4P+. The summed E-state index contributed by atoms with van der Waals surface area (Å²) in [6.45, 7) is 17.6. The van der Waals surface area contributed by atoms with Crippen LogP contribution in [0.5, 0.6) is 17.2 Å². The zero-order chi connectivity index (χ0) is 24.5. The van der Waals surface area contributed by atoms with E-state index in [9.17, 15) is 4.79 Å². The number of hydrogen-bond donors (Lipinski definition) is 0. The molecule has 0 heterocycles. The SMILES string of the molecule is CC(C)(C)Oc1cc(OC(C)(C)C)c(PC(=O)c2c(Cl)cccc2Cl)c(OC(C)(C)C)c1.[Li+]. The van der Waals surface area contributed by atoms with Crippen LogP contribution in [-0.4, -0.2) is 22.3 Å². The van der Waals surface area contributed by atoms with Gasteiger partial charge in [-0.05, 0) is 83.0 Å². The van der Waals surface area contributed by atoms with E-state index in [4.69, 9.17) is 37.4 Å². The van der Waals surface area contributed by atoms with Gasteiger partial charge in [-0.3, -0.25) is 4.79 Å². The van der Waals surface area contributed by atoms with Crippen molar-refractivity contribution in [3.8, 4) is 17.2 Å². The Kier molecular flexibility index (Phi) is 10.3. The van der Waals surface area contributed by atoms with E-state index < -0.39 is 16.8 Å². The minimum Gasteiger partial charge on any atom is -0.488 e. The zero-order valence-electron chi connectivity index (χ0n) is 21.3. The Hall–Kier alpha value is -0.883. The summed E-state index contributed by atoms with van der Waals surface area (Å²) in [5.41, 5.74) is -1.30. The molecule has 0 fully saturated rings. The number of hydrogen-bond acceptors (Lipinski definition) is 4. The van der Waals surface area contributed by atoms with Crippen molar-refractivity contribution < 1.29 is 37.9 Å². The summed E-state index contributed by atoms with van der Waals surface area (Å²) in [6, 6.07) is 8.66. The molecule has 2 rings (SSSR count). The van der Waals surface area contributed by atoms with E-state index in [1.807, 2.05) is 74.4 Å². The van der Waals surface area contributed by atoms with Crippen molar-refractivity contribution >= 4 is 42.6 Å². The van der Waals surface area contributed by atoms with Gasteiger partial charge in [0.05, 0.1) is 20.9 Å². The van der Waals surface area contributed by atoms with Crippen molar-refractivity contribution in [3.63, 3.8) is 0 Å². The molecule has 2 aromatic rings. The molecule has 0 aromatic heterocycles. The second-order valence-electron chi connectivity index (χ2n) is 10.5. The molecule has 33 heavy (non-hydrogen) atoms. The van der Waals surface area contributed by atoms with Gasteiger partial charge >= 0.3 is 18.9 Å². The third-order valence-corrected chi connectivity index (χ3v) is 5.57. The van der Waals surface area contributed by atoms with E-state index in [1.165, 1.54) is 0 Å². The monoisotopic (exact) mass is 505 g/mol. The summed E-state index contributed by atoms with van der Waals surface area (Å²) in [5, 5.41) is 1.29. The van der Waals surface area contributed by atoms with Gasteiger partial charge in [-0.1, -0.05) is 29.3 Å². The summed E-state index contributed by atoms with van der Waals surface area (Å²) in [4.78, 5) is 13.3. The molecular weight excluding hydrogens is 473 g/mol. The molecule has 1 unspecified atom stereocenters. The van der Waals surface area contributed by atoms with Crippen LogP contribution in [0.25, 0.3) is 0 Å². The average molecular weight is 506 g/mol. The van der Waals surface area contributed by atoms with Gasteiger partial charge in [-0.2, -0.15) is 0 Å². The van der Waals surface area contributed by atoms with Crippen LogP contribution in [0.3, 0.4) is 0 Å². The fourth-order valence-corrected chi connectivity index (χ4v) is 4.65. The molecule has 4 nitrogen and oxygen atoms in total. The first-order chi connectivity index (χ1) is 14.5. The number of benzene rings is 2. The predicted octanol–water partition coefficient (Wildman–Crippen LogP) is 4.67. The third-order valence-electron chi connectivity index (χ3n) is 3.72. The van der Waals surface area contributed by atoms with Crippen molar-refractivity contribution in [2.75, 3.05) is 0 Å². The Balaban J connectivity index is 0.00000544. The van der Waals surface area contributed by atoms with Crippen molar-refractivity contribution in [1.82, 2.24) is 0 Å². The van der Waals surface area contributed by atoms with Gasteiger partial charge in [0.1, 0.15) is 34.1 Å². The Morgan fingerprint density at radius 3 is 1.52 bits per heavy atom. The maximum absolute atomic E-state index is 13.3. The Morgan fingerprint density at radius 1 is 0.758 bits per heavy atom. The van der Waals surface area contributed by atoms with Gasteiger partial charge in [0.2, 0.25) is 0 Å². The molecule has 0 aliphatic carbocycles. The van der Waals surface area contributed by atoms with Gasteiger partial charge in [-0.15, -0.1) is 0 Å². The molecule has 0 saturated carbocycles. The minimum absolute atomic E-state index is 0. The van der Waals surface area contributed by atoms with Crippen LogP contribution in [0.4, 0.5) is 0 Å². The fourth-order valence-electron chi connectivity index (χ4n) is 2.81. The Morgan fingerprint density at radius 2 is 1.15 bits per heavy atom. The first-order valence-corrected chi connectivity index (χ1v) is 12.2. The van der Waals surface area contributed by atoms with Gasteiger partial charge in [-0.25, -0.2) is 0 Å². The summed E-state index contributed by atoms with van der Waals surface area (Å²) >= 11 is 12.6. The molecule has 0 bridgehead atoms. The van der Waals surface area contributed by atoms with E-state index >= 15 is 0 Å². The van der Waals surface area contributed by atoms with E-state index in [0.29, 0.717) is 38.2 Å². The topological polar surface area (TPSA) is 44.8 Å². The van der Waals surface area contributed by atoms with Crippen LogP contribution in [0.1, 0.15) is 72.7 Å². The third kappa shape index (κ3) is 9.71. The number of carbonyl (C=O) groups is 1. The molecule has 2 aromatic carbocycles. The second kappa shape index (κ2) is 11.2. The number of ether oxygens (including phenoxy) is 3.